The first-order chi connectivity index (χ1) is 16.2. The van der Waals surface area contributed by atoms with Crippen LogP contribution in [-0.4, -0.2) is 11.9 Å². The van der Waals surface area contributed by atoms with Crippen LogP contribution in [0, 0.1) is 17.3 Å². The number of rotatable bonds is 8. The van der Waals surface area contributed by atoms with Gasteiger partial charge in [0.25, 0.3) is 0 Å². The summed E-state index contributed by atoms with van der Waals surface area (Å²) in [6.07, 6.45) is 16.2. The van der Waals surface area contributed by atoms with Crippen LogP contribution in [0.3, 0.4) is 0 Å². The van der Waals surface area contributed by atoms with Crippen molar-refractivity contribution >= 4 is 0 Å². The van der Waals surface area contributed by atoms with Crippen molar-refractivity contribution in [1.29, 1.82) is 0 Å². The van der Waals surface area contributed by atoms with Crippen LogP contribution < -0.4 is 4.74 Å². The Morgan fingerprint density at radius 1 is 0.824 bits per heavy atom. The molecule has 0 aromatic heterocycles. The molecule has 0 radical (unpaired) electrons. The van der Waals surface area contributed by atoms with E-state index in [0.29, 0.717) is 17.3 Å². The highest BCUT2D eigenvalue weighted by atomic mass is 16.7. The number of hydrogen-bond donors (Lipinski definition) is 0. The highest BCUT2D eigenvalue weighted by molar-refractivity contribution is 5.29. The quantitative estimate of drug-likeness (QED) is 0.277. The smallest absolute Gasteiger partial charge is 0.200 e. The van der Waals surface area contributed by atoms with Gasteiger partial charge in [-0.1, -0.05) is 91.7 Å². The van der Waals surface area contributed by atoms with E-state index in [9.17, 15) is 0 Å². The average molecular weight is 473 g/mol. The van der Waals surface area contributed by atoms with Crippen LogP contribution in [0.1, 0.15) is 144 Å². The van der Waals surface area contributed by atoms with Gasteiger partial charge in [0.2, 0.25) is 6.29 Å². The van der Waals surface area contributed by atoms with Crippen LogP contribution in [0.5, 0.6) is 5.75 Å². The molecule has 0 N–H and O–H groups in total. The van der Waals surface area contributed by atoms with Crippen LogP contribution in [-0.2, 0) is 4.74 Å². The highest BCUT2D eigenvalue weighted by Crippen LogP contribution is 2.51. The number of hydrogen-bond acceptors (Lipinski definition) is 2. The van der Waals surface area contributed by atoms with E-state index in [2.05, 4.69) is 65.8 Å². The van der Waals surface area contributed by atoms with Gasteiger partial charge in [-0.3, -0.25) is 0 Å². The molecule has 3 rings (SSSR count). The van der Waals surface area contributed by atoms with Crippen LogP contribution in [0.4, 0.5) is 0 Å². The molecule has 0 amide bonds. The summed E-state index contributed by atoms with van der Waals surface area (Å²) >= 11 is 0. The van der Waals surface area contributed by atoms with Gasteiger partial charge in [-0.15, -0.1) is 0 Å². The summed E-state index contributed by atoms with van der Waals surface area (Å²) in [6.45, 7) is 17.4. The molecule has 2 unspecified atom stereocenters. The predicted molar refractivity (Wildman–Crippen MR) is 148 cm³/mol. The fraction of sp³-hybridized carbons (Fsp3) is 0.812. The molecule has 2 nitrogen and oxygen atoms in total. The second kappa shape index (κ2) is 13.9. The van der Waals surface area contributed by atoms with Gasteiger partial charge >= 0.3 is 0 Å². The maximum atomic E-state index is 6.61. The molecule has 2 aliphatic rings. The van der Waals surface area contributed by atoms with Crippen LogP contribution >= 0.6 is 0 Å². The van der Waals surface area contributed by atoms with Gasteiger partial charge in [0.15, 0.2) is 0 Å². The van der Waals surface area contributed by atoms with Gasteiger partial charge in [0, 0.05) is 6.42 Å². The summed E-state index contributed by atoms with van der Waals surface area (Å²) < 4.78 is 13.2. The average Bonchev–Trinajstić information content (AvgIpc) is 3.10. The van der Waals surface area contributed by atoms with Crippen molar-refractivity contribution in [2.75, 3.05) is 0 Å². The molecule has 0 bridgehead atoms. The van der Waals surface area contributed by atoms with Gasteiger partial charge in [-0.05, 0) is 87.3 Å². The SMILES string of the molecule is CC.CC(C)C(C)c1ccc(OC(CC2(C3CCCCCC3)CCCCC2)OC(C)(C)C)cc1. The van der Waals surface area contributed by atoms with Gasteiger partial charge in [0.1, 0.15) is 5.75 Å². The van der Waals surface area contributed by atoms with Crippen LogP contribution in [0.2, 0.25) is 0 Å². The molecule has 1 aromatic rings. The third kappa shape index (κ3) is 8.89. The zero-order valence-corrected chi connectivity index (χ0v) is 23.9. The summed E-state index contributed by atoms with van der Waals surface area (Å²) in [7, 11) is 0. The van der Waals surface area contributed by atoms with Gasteiger partial charge in [-0.2, -0.15) is 0 Å². The Morgan fingerprint density at radius 2 is 1.35 bits per heavy atom. The minimum absolute atomic E-state index is 0.176. The highest BCUT2D eigenvalue weighted by Gasteiger charge is 2.42. The molecule has 2 fully saturated rings. The molecule has 2 saturated carbocycles. The second-order valence-electron chi connectivity index (χ2n) is 12.2. The van der Waals surface area contributed by atoms with Crippen LogP contribution in [0.25, 0.3) is 0 Å². The van der Waals surface area contributed by atoms with E-state index in [1.807, 2.05) is 13.8 Å². The van der Waals surface area contributed by atoms with E-state index < -0.39 is 0 Å². The number of ether oxygens (including phenoxy) is 2. The van der Waals surface area contributed by atoms with E-state index in [1.54, 1.807) is 0 Å². The monoisotopic (exact) mass is 472 g/mol. The van der Waals surface area contributed by atoms with Gasteiger partial charge in [0.05, 0.1) is 5.60 Å². The van der Waals surface area contributed by atoms with Crippen molar-refractivity contribution in [2.45, 2.75) is 150 Å². The zero-order valence-electron chi connectivity index (χ0n) is 23.9. The summed E-state index contributed by atoms with van der Waals surface area (Å²) in [6, 6.07) is 8.81. The minimum Gasteiger partial charge on any atom is -0.465 e. The fourth-order valence-corrected chi connectivity index (χ4v) is 6.15. The first-order valence-corrected chi connectivity index (χ1v) is 14.6. The molecule has 34 heavy (non-hydrogen) atoms. The van der Waals surface area contributed by atoms with Gasteiger partial charge < -0.3 is 9.47 Å². The Morgan fingerprint density at radius 3 is 1.85 bits per heavy atom. The first-order valence-electron chi connectivity index (χ1n) is 14.6. The maximum Gasteiger partial charge on any atom is 0.200 e. The molecule has 0 heterocycles. The van der Waals surface area contributed by atoms with Crippen molar-refractivity contribution < 1.29 is 9.47 Å². The molecule has 196 valence electrons. The second-order valence-corrected chi connectivity index (χ2v) is 12.2. The topological polar surface area (TPSA) is 18.5 Å². The Bertz CT molecular complexity index is 655. The maximum absolute atomic E-state index is 6.61. The summed E-state index contributed by atoms with van der Waals surface area (Å²) in [5.41, 5.74) is 1.57. The van der Waals surface area contributed by atoms with E-state index in [-0.39, 0.29) is 11.9 Å². The van der Waals surface area contributed by atoms with Gasteiger partial charge in [-0.25, -0.2) is 0 Å². The van der Waals surface area contributed by atoms with Crippen LogP contribution in [0.15, 0.2) is 24.3 Å². The summed E-state index contributed by atoms with van der Waals surface area (Å²) in [5.74, 6) is 3.00. The Labute approximate surface area is 212 Å². The summed E-state index contributed by atoms with van der Waals surface area (Å²) in [4.78, 5) is 0. The van der Waals surface area contributed by atoms with Crippen molar-refractivity contribution in [3.05, 3.63) is 29.8 Å². The third-order valence-corrected chi connectivity index (χ3v) is 8.30. The Kier molecular flexibility index (Phi) is 11.9. The van der Waals surface area contributed by atoms with E-state index >= 15 is 0 Å². The lowest BCUT2D eigenvalue weighted by Crippen LogP contribution is -2.41. The Balaban J connectivity index is 0.00000199. The molecule has 0 saturated heterocycles. The minimum atomic E-state index is -0.212. The molecular weight excluding hydrogens is 416 g/mol. The molecule has 1 aromatic carbocycles. The van der Waals surface area contributed by atoms with Crippen molar-refractivity contribution in [3.8, 4) is 5.75 Å². The van der Waals surface area contributed by atoms with Crippen molar-refractivity contribution in [2.24, 2.45) is 17.3 Å². The first kappa shape index (κ1) is 29.2. The molecule has 2 heteroatoms. The predicted octanol–water partition coefficient (Wildman–Crippen LogP) is 10.3. The van der Waals surface area contributed by atoms with E-state index in [4.69, 9.17) is 9.47 Å². The molecule has 0 spiro atoms. The summed E-state index contributed by atoms with van der Waals surface area (Å²) in [5, 5.41) is 0. The lowest BCUT2D eigenvalue weighted by molar-refractivity contribution is -0.176. The third-order valence-electron chi connectivity index (χ3n) is 8.30. The standard InChI is InChI=1S/C30H50O2.C2H6/c1-23(2)24(3)25-16-18-27(19-17-25)31-28(32-29(4,5)6)22-30(20-12-9-13-21-30)26-14-10-7-8-11-15-26;1-2/h16-19,23-24,26,28H,7-15,20-22H2,1-6H3;1-2H3. The molecular formula is C32H56O2. The van der Waals surface area contributed by atoms with Crippen molar-refractivity contribution in [1.82, 2.24) is 0 Å². The van der Waals surface area contributed by atoms with E-state index in [1.165, 1.54) is 76.2 Å². The molecule has 2 aliphatic carbocycles. The largest absolute Gasteiger partial charge is 0.465 e. The lowest BCUT2D eigenvalue weighted by Gasteiger charge is -2.46. The Hall–Kier alpha value is -1.02. The zero-order chi connectivity index (χ0) is 25.2. The van der Waals surface area contributed by atoms with Crippen molar-refractivity contribution in [3.63, 3.8) is 0 Å². The lowest BCUT2D eigenvalue weighted by atomic mass is 9.61. The normalized spacial score (nSPS) is 21.2. The number of benzene rings is 1. The fourth-order valence-electron chi connectivity index (χ4n) is 6.15. The molecule has 2 atom stereocenters. The molecule has 0 aliphatic heterocycles. The van der Waals surface area contributed by atoms with E-state index in [0.717, 1.165) is 18.1 Å².